The number of ether oxygens (including phenoxy) is 1. The Morgan fingerprint density at radius 1 is 1.41 bits per heavy atom. The zero-order valence-corrected chi connectivity index (χ0v) is 9.35. The highest BCUT2D eigenvalue weighted by atomic mass is 16.5. The van der Waals surface area contributed by atoms with Crippen molar-refractivity contribution >= 4 is 12.0 Å². The summed E-state index contributed by atoms with van der Waals surface area (Å²) in [5, 5.41) is 0. The minimum absolute atomic E-state index is 0.322. The molecule has 0 amide bonds. The van der Waals surface area contributed by atoms with Gasteiger partial charge in [0, 0.05) is 5.56 Å². The molecule has 1 aromatic rings. The number of hydrogen-bond acceptors (Lipinski definition) is 4. The van der Waals surface area contributed by atoms with Crippen LogP contribution in [0.5, 0.6) is 0 Å². The first-order valence-electron chi connectivity index (χ1n) is 5.71. The van der Waals surface area contributed by atoms with E-state index < -0.39 is 0 Å². The second kappa shape index (κ2) is 3.82. The largest absolute Gasteiger partial charge is 0.476 e. The first-order valence-corrected chi connectivity index (χ1v) is 5.71. The zero-order chi connectivity index (χ0) is 11.7. The molecular weight excluding hydrogens is 216 g/mol. The van der Waals surface area contributed by atoms with E-state index in [1.165, 1.54) is 0 Å². The minimum Gasteiger partial charge on any atom is -0.476 e. The molecule has 4 nitrogen and oxygen atoms in total. The number of hydrogen-bond donors (Lipinski definition) is 0. The van der Waals surface area contributed by atoms with Gasteiger partial charge < -0.3 is 4.74 Å². The molecule has 3 rings (SSSR count). The maximum atomic E-state index is 10.4. The van der Waals surface area contributed by atoms with Crippen molar-refractivity contribution in [3.8, 4) is 0 Å². The van der Waals surface area contributed by atoms with Gasteiger partial charge in [0.2, 0.25) is 12.0 Å². The summed E-state index contributed by atoms with van der Waals surface area (Å²) in [5.74, 6) is 0.692. The number of carbonyl (C=O) groups excluding carboxylic acids is 1. The van der Waals surface area contributed by atoms with Crippen LogP contribution in [-0.2, 0) is 15.1 Å². The Bertz CT molecular complexity index is 526. The second-order valence-electron chi connectivity index (χ2n) is 4.35. The lowest BCUT2D eigenvalue weighted by Gasteiger charge is -2.10. The van der Waals surface area contributed by atoms with Gasteiger partial charge in [-0.3, -0.25) is 0 Å². The van der Waals surface area contributed by atoms with Gasteiger partial charge in [0.15, 0.2) is 0 Å². The van der Waals surface area contributed by atoms with Gasteiger partial charge in [0.25, 0.3) is 0 Å². The van der Waals surface area contributed by atoms with E-state index in [4.69, 9.17) is 4.74 Å². The lowest BCUT2D eigenvalue weighted by molar-refractivity contribution is 0.348. The van der Waals surface area contributed by atoms with Gasteiger partial charge in [-0.1, -0.05) is 12.1 Å². The van der Waals surface area contributed by atoms with Crippen molar-refractivity contribution in [1.82, 2.24) is 0 Å². The summed E-state index contributed by atoms with van der Waals surface area (Å²) in [7, 11) is 0. The number of isocyanates is 1. The Morgan fingerprint density at radius 3 is 2.94 bits per heavy atom. The maximum Gasteiger partial charge on any atom is 0.235 e. The van der Waals surface area contributed by atoms with E-state index in [9.17, 15) is 4.79 Å². The summed E-state index contributed by atoms with van der Waals surface area (Å²) in [6, 6.07) is 7.93. The van der Waals surface area contributed by atoms with Crippen molar-refractivity contribution in [2.24, 2.45) is 9.98 Å². The SMILES string of the molecule is O=C=NC1(c2cccc(C3=NCCO3)c2)CC1. The van der Waals surface area contributed by atoms with Gasteiger partial charge in [0.05, 0.1) is 12.1 Å². The van der Waals surface area contributed by atoms with Crippen molar-refractivity contribution in [2.75, 3.05) is 13.2 Å². The van der Waals surface area contributed by atoms with Crippen LogP contribution in [0.25, 0.3) is 0 Å². The predicted octanol–water partition coefficient (Wildman–Crippen LogP) is 1.79. The fraction of sp³-hybridized carbons (Fsp3) is 0.385. The summed E-state index contributed by atoms with van der Waals surface area (Å²) in [6.45, 7) is 1.37. The van der Waals surface area contributed by atoms with E-state index in [0.29, 0.717) is 12.5 Å². The predicted molar refractivity (Wildman–Crippen MR) is 62.8 cm³/mol. The van der Waals surface area contributed by atoms with Crippen LogP contribution in [0.1, 0.15) is 24.0 Å². The van der Waals surface area contributed by atoms with Crippen LogP contribution in [0.4, 0.5) is 0 Å². The van der Waals surface area contributed by atoms with E-state index in [1.54, 1.807) is 6.08 Å². The van der Waals surface area contributed by atoms with Gasteiger partial charge >= 0.3 is 0 Å². The molecule has 4 heteroatoms. The Balaban J connectivity index is 1.97. The van der Waals surface area contributed by atoms with Crippen molar-refractivity contribution in [1.29, 1.82) is 0 Å². The topological polar surface area (TPSA) is 51.0 Å². The van der Waals surface area contributed by atoms with E-state index >= 15 is 0 Å². The van der Waals surface area contributed by atoms with E-state index in [2.05, 4.69) is 9.98 Å². The molecule has 1 aromatic carbocycles. The summed E-state index contributed by atoms with van der Waals surface area (Å²) >= 11 is 0. The number of aliphatic imine (C=N–C) groups is 2. The Hall–Kier alpha value is -1.93. The quantitative estimate of drug-likeness (QED) is 0.585. The third-order valence-electron chi connectivity index (χ3n) is 3.22. The molecular formula is C13H12N2O2. The van der Waals surface area contributed by atoms with Crippen molar-refractivity contribution < 1.29 is 9.53 Å². The number of benzene rings is 1. The number of nitrogens with zero attached hydrogens (tertiary/aromatic N) is 2. The molecule has 0 unspecified atom stereocenters. The molecule has 0 spiro atoms. The first kappa shape index (κ1) is 10.2. The summed E-state index contributed by atoms with van der Waals surface area (Å²) in [5.41, 5.74) is 1.70. The fourth-order valence-electron chi connectivity index (χ4n) is 2.12. The maximum absolute atomic E-state index is 10.4. The highest BCUT2D eigenvalue weighted by Crippen LogP contribution is 2.49. The lowest BCUT2D eigenvalue weighted by atomic mass is 10.0. The highest BCUT2D eigenvalue weighted by molar-refractivity contribution is 5.95. The van der Waals surface area contributed by atoms with Gasteiger partial charge in [0.1, 0.15) is 6.61 Å². The van der Waals surface area contributed by atoms with E-state index in [0.717, 1.165) is 30.5 Å². The zero-order valence-electron chi connectivity index (χ0n) is 9.35. The Kier molecular flexibility index (Phi) is 2.30. The lowest BCUT2D eigenvalue weighted by Crippen LogP contribution is -2.06. The third-order valence-corrected chi connectivity index (χ3v) is 3.22. The molecule has 17 heavy (non-hydrogen) atoms. The van der Waals surface area contributed by atoms with Gasteiger partial charge in [-0.2, -0.15) is 4.99 Å². The van der Waals surface area contributed by atoms with Crippen LogP contribution < -0.4 is 0 Å². The molecule has 86 valence electrons. The van der Waals surface area contributed by atoms with Crippen molar-refractivity contribution in [3.05, 3.63) is 35.4 Å². The van der Waals surface area contributed by atoms with Crippen LogP contribution in [0.15, 0.2) is 34.3 Å². The molecule has 0 saturated heterocycles. The molecule has 1 fully saturated rings. The second-order valence-corrected chi connectivity index (χ2v) is 4.35. The van der Waals surface area contributed by atoms with Crippen LogP contribution in [0.2, 0.25) is 0 Å². The Morgan fingerprint density at radius 2 is 2.29 bits per heavy atom. The van der Waals surface area contributed by atoms with Crippen molar-refractivity contribution in [3.63, 3.8) is 0 Å². The molecule has 0 N–H and O–H groups in total. The highest BCUT2D eigenvalue weighted by Gasteiger charge is 2.44. The van der Waals surface area contributed by atoms with Crippen LogP contribution in [-0.4, -0.2) is 25.1 Å². The molecule has 1 aliphatic carbocycles. The van der Waals surface area contributed by atoms with Crippen LogP contribution in [0.3, 0.4) is 0 Å². The Labute approximate surface area is 99.0 Å². The third kappa shape index (κ3) is 1.77. The monoisotopic (exact) mass is 228 g/mol. The van der Waals surface area contributed by atoms with Gasteiger partial charge in [-0.15, -0.1) is 0 Å². The van der Waals surface area contributed by atoms with Gasteiger partial charge in [-0.25, -0.2) is 9.79 Å². The standard InChI is InChI=1S/C13H12N2O2/c16-9-15-13(4-5-13)11-3-1-2-10(8-11)12-14-6-7-17-12/h1-3,8H,4-7H2. The summed E-state index contributed by atoms with van der Waals surface area (Å²) < 4.78 is 5.43. The summed E-state index contributed by atoms with van der Waals surface area (Å²) in [4.78, 5) is 18.6. The first-order chi connectivity index (χ1) is 8.34. The van der Waals surface area contributed by atoms with E-state index in [-0.39, 0.29) is 5.54 Å². The molecule has 1 heterocycles. The smallest absolute Gasteiger partial charge is 0.235 e. The minimum atomic E-state index is -0.322. The average molecular weight is 228 g/mol. The summed E-state index contributed by atoms with van der Waals surface area (Å²) in [6.07, 6.45) is 3.50. The number of rotatable bonds is 3. The molecule has 0 bridgehead atoms. The fourth-order valence-corrected chi connectivity index (χ4v) is 2.12. The van der Waals surface area contributed by atoms with Crippen LogP contribution in [0, 0.1) is 0 Å². The molecule has 0 radical (unpaired) electrons. The molecule has 0 aromatic heterocycles. The average Bonchev–Trinajstić information content (AvgIpc) is 2.94. The molecule has 1 aliphatic heterocycles. The van der Waals surface area contributed by atoms with Crippen molar-refractivity contribution in [2.45, 2.75) is 18.4 Å². The van der Waals surface area contributed by atoms with Gasteiger partial charge in [-0.05, 0) is 30.5 Å². The molecule has 2 aliphatic rings. The molecule has 1 saturated carbocycles. The molecule has 0 atom stereocenters. The van der Waals surface area contributed by atoms with Crippen LogP contribution >= 0.6 is 0 Å². The normalized spacial score (nSPS) is 20.1. The van der Waals surface area contributed by atoms with E-state index in [1.807, 2.05) is 24.3 Å².